The van der Waals surface area contributed by atoms with Crippen LogP contribution in [0.25, 0.3) is 55.3 Å². The van der Waals surface area contributed by atoms with Crippen LogP contribution in [0.2, 0.25) is 0 Å². The Kier molecular flexibility index (Phi) is 6.56. The number of nitrogens with zero attached hydrogens (tertiary/aromatic N) is 1. The maximum Gasteiger partial charge on any atom is 0.137 e. The molecule has 8 aromatic carbocycles. The van der Waals surface area contributed by atoms with Gasteiger partial charge in [-0.3, -0.25) is 0 Å². The molecule has 1 aliphatic heterocycles. The van der Waals surface area contributed by atoms with Gasteiger partial charge in [0.25, 0.3) is 0 Å². The van der Waals surface area contributed by atoms with Crippen LogP contribution in [0.4, 0.5) is 17.1 Å². The third kappa shape index (κ3) is 4.64. The lowest BCUT2D eigenvalue weighted by molar-refractivity contribution is 0.487. The van der Waals surface area contributed by atoms with E-state index in [0.29, 0.717) is 0 Å². The van der Waals surface area contributed by atoms with E-state index in [4.69, 9.17) is 4.74 Å². The molecule has 10 rings (SSSR count). The molecule has 0 bridgehead atoms. The maximum atomic E-state index is 6.80. The van der Waals surface area contributed by atoms with Crippen molar-refractivity contribution in [2.24, 2.45) is 0 Å². The van der Waals surface area contributed by atoms with Crippen LogP contribution in [0.15, 0.2) is 176 Å². The van der Waals surface area contributed by atoms with Gasteiger partial charge in [-0.15, -0.1) is 0 Å². The molecule has 0 fully saturated rings. The van der Waals surface area contributed by atoms with Crippen LogP contribution in [0.1, 0.15) is 25.0 Å². The van der Waals surface area contributed by atoms with Gasteiger partial charge in [0, 0.05) is 39.5 Å². The summed E-state index contributed by atoms with van der Waals surface area (Å²) in [6.45, 7) is 4.68. The van der Waals surface area contributed by atoms with Gasteiger partial charge in [0.15, 0.2) is 0 Å². The minimum absolute atomic E-state index is 0.106. The van der Waals surface area contributed by atoms with E-state index in [1.165, 1.54) is 55.5 Å². The van der Waals surface area contributed by atoms with Crippen LogP contribution in [-0.2, 0) is 5.41 Å². The number of hydrogen-bond acceptors (Lipinski definition) is 2. The first-order valence-corrected chi connectivity index (χ1v) is 17.7. The van der Waals surface area contributed by atoms with Crippen molar-refractivity contribution in [1.82, 2.24) is 0 Å². The van der Waals surface area contributed by atoms with Gasteiger partial charge < -0.3 is 9.64 Å². The Morgan fingerprint density at radius 1 is 0.392 bits per heavy atom. The molecule has 51 heavy (non-hydrogen) atoms. The molecule has 0 aromatic heterocycles. The summed E-state index contributed by atoms with van der Waals surface area (Å²) in [5, 5.41) is 2.36. The molecule has 0 saturated carbocycles. The standard InChI is InChI=1S/C49H35NO/c1-49(2)44-19-10-9-16-39(44)40-26-24-36(30-45(40)49)50(35-22-20-33(21-23-35)32-12-5-3-6-13-32)37-25-27-41-43-18-11-17-42-38(34-14-7-4-8-15-34)28-29-46(48(42)43)51-47(41)31-37/h3-31H,1-2H3. The Hall–Kier alpha value is -6.38. The molecule has 8 aromatic rings. The van der Waals surface area contributed by atoms with Crippen molar-refractivity contribution in [1.29, 1.82) is 0 Å². The second-order valence-corrected chi connectivity index (χ2v) is 14.1. The van der Waals surface area contributed by atoms with E-state index in [1.807, 2.05) is 0 Å². The molecular weight excluding hydrogens is 619 g/mol. The van der Waals surface area contributed by atoms with Crippen molar-refractivity contribution < 1.29 is 4.74 Å². The molecule has 1 heterocycles. The summed E-state index contributed by atoms with van der Waals surface area (Å²) >= 11 is 0. The molecule has 0 atom stereocenters. The molecule has 0 saturated heterocycles. The van der Waals surface area contributed by atoms with Gasteiger partial charge >= 0.3 is 0 Å². The zero-order chi connectivity index (χ0) is 34.1. The number of rotatable bonds is 5. The summed E-state index contributed by atoms with van der Waals surface area (Å²) < 4.78 is 6.80. The van der Waals surface area contributed by atoms with Gasteiger partial charge in [0.05, 0.1) is 0 Å². The Morgan fingerprint density at radius 3 is 1.76 bits per heavy atom. The minimum atomic E-state index is -0.106. The van der Waals surface area contributed by atoms with E-state index in [2.05, 4.69) is 195 Å². The van der Waals surface area contributed by atoms with Gasteiger partial charge in [-0.2, -0.15) is 0 Å². The lowest BCUT2D eigenvalue weighted by Gasteiger charge is -2.30. The highest BCUT2D eigenvalue weighted by molar-refractivity contribution is 6.10. The number of ether oxygens (including phenoxy) is 1. The fraction of sp³-hybridized carbons (Fsp3) is 0.0612. The summed E-state index contributed by atoms with van der Waals surface area (Å²) in [6, 6.07) is 63.5. The van der Waals surface area contributed by atoms with Crippen LogP contribution in [0, 0.1) is 0 Å². The predicted molar refractivity (Wildman–Crippen MR) is 213 cm³/mol. The molecular formula is C49H35NO. The topological polar surface area (TPSA) is 12.5 Å². The third-order valence-electron chi connectivity index (χ3n) is 10.9. The second-order valence-electron chi connectivity index (χ2n) is 14.1. The van der Waals surface area contributed by atoms with E-state index in [1.54, 1.807) is 0 Å². The summed E-state index contributed by atoms with van der Waals surface area (Å²) in [6.07, 6.45) is 0. The van der Waals surface area contributed by atoms with Crippen LogP contribution in [0.5, 0.6) is 11.5 Å². The van der Waals surface area contributed by atoms with Crippen LogP contribution < -0.4 is 9.64 Å². The summed E-state index contributed by atoms with van der Waals surface area (Å²) in [7, 11) is 0. The summed E-state index contributed by atoms with van der Waals surface area (Å²) in [5.74, 6) is 1.75. The normalized spacial score (nSPS) is 13.2. The molecule has 0 amide bonds. The first kappa shape index (κ1) is 29.5. The molecule has 0 unspecified atom stereocenters. The average Bonchev–Trinajstić information content (AvgIpc) is 3.41. The van der Waals surface area contributed by atoms with Gasteiger partial charge in [0.2, 0.25) is 0 Å². The first-order chi connectivity index (χ1) is 25.0. The van der Waals surface area contributed by atoms with Crippen LogP contribution in [0.3, 0.4) is 0 Å². The fourth-order valence-electron chi connectivity index (χ4n) is 8.34. The van der Waals surface area contributed by atoms with Crippen molar-refractivity contribution >= 4 is 27.8 Å². The van der Waals surface area contributed by atoms with Gasteiger partial charge in [0.1, 0.15) is 11.5 Å². The van der Waals surface area contributed by atoms with E-state index in [0.717, 1.165) is 39.5 Å². The van der Waals surface area contributed by atoms with E-state index < -0.39 is 0 Å². The van der Waals surface area contributed by atoms with Crippen molar-refractivity contribution in [3.8, 4) is 56.0 Å². The quantitative estimate of drug-likeness (QED) is 0.183. The summed E-state index contributed by atoms with van der Waals surface area (Å²) in [5.41, 5.74) is 15.6. The number of anilines is 3. The Labute approximate surface area is 298 Å². The van der Waals surface area contributed by atoms with Gasteiger partial charge in [-0.25, -0.2) is 0 Å². The maximum absolute atomic E-state index is 6.80. The molecule has 2 aliphatic rings. The highest BCUT2D eigenvalue weighted by Crippen LogP contribution is 2.53. The SMILES string of the molecule is CC1(C)c2ccccc2-c2ccc(N(c3ccc(-c4ccccc4)cc3)c3ccc4c(c3)Oc3ccc(-c5ccccc5)c5cccc-4c35)cc21. The zero-order valence-electron chi connectivity index (χ0n) is 28.6. The molecule has 2 heteroatoms. The van der Waals surface area contributed by atoms with E-state index in [-0.39, 0.29) is 5.41 Å². The highest BCUT2D eigenvalue weighted by Gasteiger charge is 2.36. The Balaban J connectivity index is 1.12. The summed E-state index contributed by atoms with van der Waals surface area (Å²) in [4.78, 5) is 2.37. The monoisotopic (exact) mass is 653 g/mol. The van der Waals surface area contributed by atoms with Crippen molar-refractivity contribution in [3.05, 3.63) is 187 Å². The van der Waals surface area contributed by atoms with E-state index in [9.17, 15) is 0 Å². The fourth-order valence-corrected chi connectivity index (χ4v) is 8.34. The molecule has 242 valence electrons. The van der Waals surface area contributed by atoms with Crippen molar-refractivity contribution in [2.45, 2.75) is 19.3 Å². The average molecular weight is 654 g/mol. The Bertz CT molecular complexity index is 2620. The first-order valence-electron chi connectivity index (χ1n) is 17.7. The largest absolute Gasteiger partial charge is 0.456 e. The Morgan fingerprint density at radius 2 is 0.980 bits per heavy atom. The third-order valence-corrected chi connectivity index (χ3v) is 10.9. The second kappa shape index (κ2) is 11.3. The number of hydrogen-bond donors (Lipinski definition) is 0. The number of benzene rings is 8. The zero-order valence-corrected chi connectivity index (χ0v) is 28.6. The highest BCUT2D eigenvalue weighted by atomic mass is 16.5. The van der Waals surface area contributed by atoms with Gasteiger partial charge in [-0.1, -0.05) is 141 Å². The van der Waals surface area contributed by atoms with Crippen molar-refractivity contribution in [3.63, 3.8) is 0 Å². The lowest BCUT2D eigenvalue weighted by atomic mass is 9.82. The van der Waals surface area contributed by atoms with Gasteiger partial charge in [-0.05, 0) is 97.9 Å². The van der Waals surface area contributed by atoms with Crippen LogP contribution in [-0.4, -0.2) is 0 Å². The molecule has 0 N–H and O–H groups in total. The minimum Gasteiger partial charge on any atom is -0.456 e. The smallest absolute Gasteiger partial charge is 0.137 e. The molecule has 2 nitrogen and oxygen atoms in total. The lowest BCUT2D eigenvalue weighted by Crippen LogP contribution is -2.16. The van der Waals surface area contributed by atoms with Crippen molar-refractivity contribution in [2.75, 3.05) is 4.90 Å². The molecule has 0 spiro atoms. The molecule has 1 aliphatic carbocycles. The van der Waals surface area contributed by atoms with Crippen LogP contribution >= 0.6 is 0 Å². The molecule has 0 radical (unpaired) electrons. The predicted octanol–water partition coefficient (Wildman–Crippen LogP) is 13.7. The van der Waals surface area contributed by atoms with E-state index >= 15 is 0 Å². The number of fused-ring (bicyclic) bond motifs is 5.